The van der Waals surface area contributed by atoms with E-state index in [1.54, 1.807) is 0 Å². The van der Waals surface area contributed by atoms with Crippen LogP contribution in [0, 0.1) is 17.8 Å². The zero-order valence-corrected chi connectivity index (χ0v) is 37.7. The predicted octanol–water partition coefficient (Wildman–Crippen LogP) is 15.2. The Balaban J connectivity index is 4.34. The molecule has 0 aromatic rings. The summed E-state index contributed by atoms with van der Waals surface area (Å²) in [5.41, 5.74) is 0. The van der Waals surface area contributed by atoms with Crippen molar-refractivity contribution in [2.75, 3.05) is 13.2 Å². The highest BCUT2D eigenvalue weighted by Gasteiger charge is 2.19. The first kappa shape index (κ1) is 53.4. The highest BCUT2D eigenvalue weighted by molar-refractivity contribution is 5.71. The van der Waals surface area contributed by atoms with Crippen LogP contribution in [0.4, 0.5) is 0 Å². The molecule has 1 unspecified atom stereocenters. The van der Waals surface area contributed by atoms with Crippen LogP contribution in [0.25, 0.3) is 0 Å². The van der Waals surface area contributed by atoms with E-state index in [9.17, 15) is 14.4 Å². The van der Waals surface area contributed by atoms with Gasteiger partial charge in [-0.05, 0) is 37.0 Å². The number of ether oxygens (including phenoxy) is 3. The number of unbranched alkanes of at least 4 members (excludes halogenated alkanes) is 24. The number of hydrogen-bond donors (Lipinski definition) is 0. The van der Waals surface area contributed by atoms with Crippen molar-refractivity contribution in [2.45, 2.75) is 266 Å². The van der Waals surface area contributed by atoms with Gasteiger partial charge in [-0.2, -0.15) is 0 Å². The molecule has 0 spiro atoms. The van der Waals surface area contributed by atoms with Crippen LogP contribution in [0.5, 0.6) is 0 Å². The van der Waals surface area contributed by atoms with E-state index >= 15 is 0 Å². The van der Waals surface area contributed by atoms with E-state index in [1.807, 2.05) is 0 Å². The Morgan fingerprint density at radius 3 is 0.945 bits per heavy atom. The van der Waals surface area contributed by atoms with Gasteiger partial charge in [-0.25, -0.2) is 0 Å². The maximum atomic E-state index is 12.7. The van der Waals surface area contributed by atoms with E-state index < -0.39 is 6.10 Å². The van der Waals surface area contributed by atoms with Crippen molar-refractivity contribution in [2.24, 2.45) is 17.8 Å². The summed E-state index contributed by atoms with van der Waals surface area (Å²) in [7, 11) is 0. The van der Waals surface area contributed by atoms with E-state index in [0.29, 0.717) is 19.3 Å². The third-order valence-electron chi connectivity index (χ3n) is 11.3. The van der Waals surface area contributed by atoms with E-state index in [-0.39, 0.29) is 31.1 Å². The Bertz CT molecular complexity index is 854. The molecule has 0 saturated heterocycles. The summed E-state index contributed by atoms with van der Waals surface area (Å²) in [5, 5.41) is 0. The van der Waals surface area contributed by atoms with Gasteiger partial charge in [-0.15, -0.1) is 0 Å². The van der Waals surface area contributed by atoms with Crippen LogP contribution in [0.3, 0.4) is 0 Å². The molecule has 0 rings (SSSR count). The summed E-state index contributed by atoms with van der Waals surface area (Å²) in [6.07, 6.45) is 38.0. The summed E-state index contributed by atoms with van der Waals surface area (Å²) in [6, 6.07) is 0. The molecule has 0 saturated carbocycles. The molecule has 0 fully saturated rings. The molecule has 0 aliphatic rings. The predicted molar refractivity (Wildman–Crippen MR) is 233 cm³/mol. The van der Waals surface area contributed by atoms with Crippen molar-refractivity contribution in [3.63, 3.8) is 0 Å². The van der Waals surface area contributed by atoms with Crippen LogP contribution in [0.2, 0.25) is 0 Å². The normalized spacial score (nSPS) is 12.7. The van der Waals surface area contributed by atoms with Crippen molar-refractivity contribution in [1.29, 1.82) is 0 Å². The van der Waals surface area contributed by atoms with Crippen molar-refractivity contribution >= 4 is 17.9 Å². The minimum atomic E-state index is -0.762. The minimum absolute atomic E-state index is 0.0660. The first-order chi connectivity index (χ1) is 26.6. The molecule has 6 heteroatoms. The quantitative estimate of drug-likeness (QED) is 0.0349. The summed E-state index contributed by atoms with van der Waals surface area (Å²) < 4.78 is 16.7. The molecular weight excluding hydrogens is 685 g/mol. The molecule has 0 aromatic carbocycles. The fourth-order valence-electron chi connectivity index (χ4n) is 7.20. The molecule has 55 heavy (non-hydrogen) atoms. The van der Waals surface area contributed by atoms with Gasteiger partial charge in [0.2, 0.25) is 0 Å². The summed E-state index contributed by atoms with van der Waals surface area (Å²) >= 11 is 0. The molecule has 0 heterocycles. The minimum Gasteiger partial charge on any atom is -0.462 e. The summed E-state index contributed by atoms with van der Waals surface area (Å²) in [5.74, 6) is 1.61. The topological polar surface area (TPSA) is 78.9 Å². The zero-order chi connectivity index (χ0) is 40.6. The number of esters is 3. The van der Waals surface area contributed by atoms with Gasteiger partial charge in [-0.3, -0.25) is 14.4 Å². The second-order valence-corrected chi connectivity index (χ2v) is 17.9. The van der Waals surface area contributed by atoms with Gasteiger partial charge in [0.15, 0.2) is 6.10 Å². The molecular formula is C49H94O6. The van der Waals surface area contributed by atoms with Gasteiger partial charge in [0.25, 0.3) is 0 Å². The van der Waals surface area contributed by atoms with Gasteiger partial charge in [0.05, 0.1) is 0 Å². The first-order valence-electron chi connectivity index (χ1n) is 24.1. The van der Waals surface area contributed by atoms with E-state index in [0.717, 1.165) is 75.5 Å². The molecule has 2 atom stereocenters. The van der Waals surface area contributed by atoms with Crippen LogP contribution >= 0.6 is 0 Å². The average molecular weight is 779 g/mol. The third kappa shape index (κ3) is 41.9. The maximum Gasteiger partial charge on any atom is 0.306 e. The van der Waals surface area contributed by atoms with Gasteiger partial charge in [0, 0.05) is 19.3 Å². The number of carbonyl (C=O) groups is 3. The van der Waals surface area contributed by atoms with Gasteiger partial charge in [0.1, 0.15) is 13.2 Å². The molecule has 0 aliphatic heterocycles. The fourth-order valence-corrected chi connectivity index (χ4v) is 7.20. The third-order valence-corrected chi connectivity index (χ3v) is 11.3. The van der Waals surface area contributed by atoms with Crippen molar-refractivity contribution in [1.82, 2.24) is 0 Å². The molecule has 326 valence electrons. The van der Waals surface area contributed by atoms with Gasteiger partial charge >= 0.3 is 17.9 Å². The lowest BCUT2D eigenvalue weighted by atomic mass is 9.99. The molecule has 0 amide bonds. The molecule has 0 bridgehead atoms. The molecule has 0 radical (unpaired) electrons. The highest BCUT2D eigenvalue weighted by Crippen LogP contribution is 2.17. The average Bonchev–Trinajstić information content (AvgIpc) is 3.15. The van der Waals surface area contributed by atoms with Crippen LogP contribution < -0.4 is 0 Å². The monoisotopic (exact) mass is 779 g/mol. The summed E-state index contributed by atoms with van der Waals surface area (Å²) in [4.78, 5) is 37.8. The van der Waals surface area contributed by atoms with Gasteiger partial charge < -0.3 is 14.2 Å². The Morgan fingerprint density at radius 1 is 0.364 bits per heavy atom. The van der Waals surface area contributed by atoms with Crippen LogP contribution in [-0.4, -0.2) is 37.2 Å². The smallest absolute Gasteiger partial charge is 0.306 e. The number of rotatable bonds is 42. The Labute approximate surface area is 342 Å². The van der Waals surface area contributed by atoms with Crippen LogP contribution in [0.1, 0.15) is 260 Å². The van der Waals surface area contributed by atoms with Gasteiger partial charge in [-0.1, -0.05) is 221 Å². The largest absolute Gasteiger partial charge is 0.462 e. The van der Waals surface area contributed by atoms with Crippen molar-refractivity contribution in [3.05, 3.63) is 0 Å². The first-order valence-corrected chi connectivity index (χ1v) is 24.1. The lowest BCUT2D eigenvalue weighted by Gasteiger charge is -2.18. The molecule has 0 aromatic heterocycles. The fraction of sp³-hybridized carbons (Fsp3) is 0.939. The Morgan fingerprint density at radius 2 is 0.636 bits per heavy atom. The highest BCUT2D eigenvalue weighted by atomic mass is 16.6. The van der Waals surface area contributed by atoms with E-state index in [2.05, 4.69) is 41.5 Å². The maximum absolute atomic E-state index is 12.7. The molecule has 6 nitrogen and oxygen atoms in total. The number of carbonyl (C=O) groups excluding carboxylic acids is 3. The van der Waals surface area contributed by atoms with Crippen molar-refractivity contribution < 1.29 is 28.6 Å². The van der Waals surface area contributed by atoms with Crippen LogP contribution in [0.15, 0.2) is 0 Å². The SMILES string of the molecule is CCC(C)CCCCCCCCCCCCC(=O)O[C@H](COC(=O)CCCCCCCCCCCCC(C)C)COC(=O)CCCCCCCCCC(C)C. The van der Waals surface area contributed by atoms with E-state index in [1.165, 1.54) is 141 Å². The molecule has 0 N–H and O–H groups in total. The number of hydrogen-bond acceptors (Lipinski definition) is 6. The zero-order valence-electron chi connectivity index (χ0n) is 37.7. The summed E-state index contributed by atoms with van der Waals surface area (Å²) in [6.45, 7) is 13.7. The standard InChI is InChI=1S/C49H94O6/c1-7-45(6)37-31-25-19-13-9-11-15-21-28-34-40-49(52)55-46(42-54-48(51)39-33-27-22-16-18-24-30-36-44(4)5)41-53-47(50)38-32-26-20-14-10-8-12-17-23-29-35-43(2)3/h43-46H,7-42H2,1-6H3/t45?,46-/m1/s1. The second-order valence-electron chi connectivity index (χ2n) is 17.9. The lowest BCUT2D eigenvalue weighted by molar-refractivity contribution is -0.167. The van der Waals surface area contributed by atoms with Crippen molar-refractivity contribution in [3.8, 4) is 0 Å². The second kappa shape index (κ2) is 40.6. The Hall–Kier alpha value is -1.59. The molecule has 0 aliphatic carbocycles. The van der Waals surface area contributed by atoms with E-state index in [4.69, 9.17) is 14.2 Å². The van der Waals surface area contributed by atoms with Crippen LogP contribution in [-0.2, 0) is 28.6 Å². The Kier molecular flexibility index (Phi) is 39.4. The lowest BCUT2D eigenvalue weighted by Crippen LogP contribution is -2.30.